The number of aromatic nitrogens is 2. The number of carbonyl (C=O) groups excluding carboxylic acids is 1. The number of halogens is 1. The Morgan fingerprint density at radius 3 is 2.83 bits per heavy atom. The molecule has 2 heterocycles. The fraction of sp³-hybridized carbons (Fsp3) is 0.643. The molecule has 3 N–H and O–H groups in total. The number of likely N-dealkylation sites (tertiary alicyclic amines) is 1. The van der Waals surface area contributed by atoms with Gasteiger partial charge in [-0.15, -0.1) is 0 Å². The Morgan fingerprint density at radius 2 is 2.17 bits per heavy atom. The molecule has 1 aliphatic heterocycles. The van der Waals surface area contributed by atoms with Gasteiger partial charge < -0.3 is 20.7 Å². The molecular weight excluding hydrogens is 338 g/mol. The second kappa shape index (κ2) is 7.92. The molecular formula is C14H24ClN5O2S. The molecule has 0 saturated carbocycles. The average Bonchev–Trinajstić information content (AvgIpc) is 2.42. The minimum absolute atomic E-state index is 0. The van der Waals surface area contributed by atoms with Gasteiger partial charge >= 0.3 is 6.09 Å². The van der Waals surface area contributed by atoms with E-state index in [1.54, 1.807) is 4.90 Å². The Balaban J connectivity index is 0.00000264. The third-order valence-electron chi connectivity index (χ3n) is 3.25. The van der Waals surface area contributed by atoms with Crippen molar-refractivity contribution in [1.29, 1.82) is 0 Å². The quantitative estimate of drug-likeness (QED) is 0.786. The van der Waals surface area contributed by atoms with Gasteiger partial charge in [0, 0.05) is 19.1 Å². The molecule has 0 radical (unpaired) electrons. The third kappa shape index (κ3) is 5.62. The number of carbonyl (C=O) groups is 1. The summed E-state index contributed by atoms with van der Waals surface area (Å²) in [6.45, 7) is 6.79. The minimum atomic E-state index is -0.498. The van der Waals surface area contributed by atoms with E-state index in [0.29, 0.717) is 24.6 Å². The highest BCUT2D eigenvalue weighted by Gasteiger charge is 2.28. The molecule has 1 aromatic rings. The van der Waals surface area contributed by atoms with E-state index in [1.165, 1.54) is 6.33 Å². The van der Waals surface area contributed by atoms with Crippen molar-refractivity contribution in [2.24, 2.45) is 0 Å². The van der Waals surface area contributed by atoms with Crippen molar-refractivity contribution in [2.45, 2.75) is 45.3 Å². The van der Waals surface area contributed by atoms with Crippen molar-refractivity contribution >= 4 is 42.7 Å². The summed E-state index contributed by atoms with van der Waals surface area (Å²) < 4.78 is 5.41. The summed E-state index contributed by atoms with van der Waals surface area (Å²) in [5.41, 5.74) is 5.67. The van der Waals surface area contributed by atoms with Crippen LogP contribution in [0.3, 0.4) is 0 Å². The van der Waals surface area contributed by atoms with Gasteiger partial charge in [-0.2, -0.15) is 13.5 Å². The molecule has 0 spiro atoms. The second-order valence-corrected chi connectivity index (χ2v) is 6.69. The predicted molar refractivity (Wildman–Crippen MR) is 96.3 cm³/mol. The normalized spacial score (nSPS) is 18.1. The molecule has 0 unspecified atom stereocenters. The molecule has 1 saturated heterocycles. The summed E-state index contributed by atoms with van der Waals surface area (Å²) in [5.74, 6) is 0.496. The highest BCUT2D eigenvalue weighted by molar-refractivity contribution is 7.59. The van der Waals surface area contributed by atoms with Crippen LogP contribution < -0.4 is 11.1 Å². The number of nitrogens with two attached hydrogens (primary N) is 1. The molecule has 0 aromatic carbocycles. The van der Waals surface area contributed by atoms with Crippen molar-refractivity contribution in [3.63, 3.8) is 0 Å². The maximum absolute atomic E-state index is 12.1. The van der Waals surface area contributed by atoms with E-state index in [4.69, 9.17) is 22.1 Å². The zero-order chi connectivity index (χ0) is 16.3. The van der Waals surface area contributed by atoms with Gasteiger partial charge in [-0.25, -0.2) is 14.8 Å². The highest BCUT2D eigenvalue weighted by atomic mass is 35.5. The van der Waals surface area contributed by atoms with Gasteiger partial charge in [-0.1, -0.05) is 11.6 Å². The average molecular weight is 362 g/mol. The SMILES string of the molecule is CC(C)(C)OC(=O)N1CCC[C@H](Nc2ncnc(Cl)c2N)C1.S. The van der Waals surface area contributed by atoms with Gasteiger partial charge in [-0.05, 0) is 33.6 Å². The zero-order valence-electron chi connectivity index (χ0n) is 13.6. The van der Waals surface area contributed by atoms with E-state index in [2.05, 4.69) is 15.3 Å². The fourth-order valence-electron chi connectivity index (χ4n) is 2.27. The molecule has 1 aliphatic rings. The summed E-state index contributed by atoms with van der Waals surface area (Å²) >= 11 is 5.88. The molecule has 9 heteroatoms. The number of nitrogens with one attached hydrogen (secondary N) is 1. The lowest BCUT2D eigenvalue weighted by Gasteiger charge is -2.34. The monoisotopic (exact) mass is 361 g/mol. The topological polar surface area (TPSA) is 93.4 Å². The van der Waals surface area contributed by atoms with E-state index < -0.39 is 5.60 Å². The largest absolute Gasteiger partial charge is 0.444 e. The van der Waals surface area contributed by atoms with Crippen LogP contribution in [0.1, 0.15) is 33.6 Å². The summed E-state index contributed by atoms with van der Waals surface area (Å²) in [4.78, 5) is 21.8. The summed E-state index contributed by atoms with van der Waals surface area (Å²) in [6, 6.07) is 0.0505. The Hall–Kier alpha value is -1.41. The second-order valence-electron chi connectivity index (χ2n) is 6.34. The van der Waals surface area contributed by atoms with Crippen molar-refractivity contribution in [1.82, 2.24) is 14.9 Å². The van der Waals surface area contributed by atoms with E-state index in [1.807, 2.05) is 20.8 Å². The Labute approximate surface area is 148 Å². The number of ether oxygens (including phenoxy) is 1. The lowest BCUT2D eigenvalue weighted by atomic mass is 10.1. The summed E-state index contributed by atoms with van der Waals surface area (Å²) in [6.07, 6.45) is 2.86. The van der Waals surface area contributed by atoms with Crippen LogP contribution in [0.25, 0.3) is 0 Å². The van der Waals surface area contributed by atoms with Crippen LogP contribution in [0.5, 0.6) is 0 Å². The Kier molecular flexibility index (Phi) is 6.76. The van der Waals surface area contributed by atoms with Crippen LogP contribution in [0.2, 0.25) is 5.15 Å². The van der Waals surface area contributed by atoms with Gasteiger partial charge in [0.2, 0.25) is 0 Å². The van der Waals surface area contributed by atoms with Crippen LogP contribution in [-0.4, -0.2) is 45.7 Å². The van der Waals surface area contributed by atoms with Crippen molar-refractivity contribution < 1.29 is 9.53 Å². The summed E-state index contributed by atoms with van der Waals surface area (Å²) in [7, 11) is 0. The van der Waals surface area contributed by atoms with Gasteiger partial charge in [0.15, 0.2) is 11.0 Å². The molecule has 0 aliphatic carbocycles. The molecule has 130 valence electrons. The van der Waals surface area contributed by atoms with E-state index in [9.17, 15) is 4.79 Å². The Morgan fingerprint density at radius 1 is 1.48 bits per heavy atom. The third-order valence-corrected chi connectivity index (χ3v) is 3.55. The predicted octanol–water partition coefficient (Wildman–Crippen LogP) is 2.64. The molecule has 1 fully saturated rings. The van der Waals surface area contributed by atoms with Crippen LogP contribution in [0.15, 0.2) is 6.33 Å². The maximum Gasteiger partial charge on any atom is 0.410 e. The number of hydrogen-bond donors (Lipinski definition) is 2. The molecule has 7 nitrogen and oxygen atoms in total. The Bertz CT molecular complexity index is 552. The molecule has 1 amide bonds. The molecule has 1 atom stereocenters. The molecule has 0 bridgehead atoms. The molecule has 1 aromatic heterocycles. The van der Waals surface area contributed by atoms with Crippen LogP contribution in [0, 0.1) is 0 Å². The highest BCUT2D eigenvalue weighted by Crippen LogP contribution is 2.24. The van der Waals surface area contributed by atoms with Crippen molar-refractivity contribution in [3.8, 4) is 0 Å². The van der Waals surface area contributed by atoms with Gasteiger partial charge in [0.1, 0.15) is 17.6 Å². The van der Waals surface area contributed by atoms with Gasteiger partial charge in [-0.3, -0.25) is 0 Å². The van der Waals surface area contributed by atoms with Crippen molar-refractivity contribution in [3.05, 3.63) is 11.5 Å². The van der Waals surface area contributed by atoms with Crippen molar-refractivity contribution in [2.75, 3.05) is 24.1 Å². The first-order valence-corrected chi connectivity index (χ1v) is 7.64. The molecule has 2 rings (SSSR count). The standard InChI is InChI=1S/C14H22ClN5O2.H2S/c1-14(2,3)22-13(21)20-6-4-5-9(7-20)19-12-10(16)11(15)17-8-18-12;/h8-9H,4-7,16H2,1-3H3,(H,17,18,19);1H2/t9-;/m0./s1. The number of rotatable bonds is 2. The number of piperidine rings is 1. The number of nitrogen functional groups attached to an aromatic ring is 1. The number of amides is 1. The minimum Gasteiger partial charge on any atom is -0.444 e. The number of nitrogens with zero attached hydrogens (tertiary/aromatic N) is 3. The zero-order valence-corrected chi connectivity index (χ0v) is 15.4. The van der Waals surface area contributed by atoms with E-state index in [-0.39, 0.29) is 30.8 Å². The van der Waals surface area contributed by atoms with Crippen LogP contribution >= 0.6 is 25.1 Å². The maximum atomic E-state index is 12.1. The van der Waals surface area contributed by atoms with Crippen LogP contribution in [-0.2, 0) is 4.74 Å². The van der Waals surface area contributed by atoms with Crippen LogP contribution in [0.4, 0.5) is 16.3 Å². The first-order chi connectivity index (χ1) is 10.3. The number of hydrogen-bond acceptors (Lipinski definition) is 6. The van der Waals surface area contributed by atoms with Gasteiger partial charge in [0.25, 0.3) is 0 Å². The molecule has 23 heavy (non-hydrogen) atoms. The van der Waals surface area contributed by atoms with E-state index >= 15 is 0 Å². The first-order valence-electron chi connectivity index (χ1n) is 7.26. The van der Waals surface area contributed by atoms with Gasteiger partial charge in [0.05, 0.1) is 0 Å². The number of anilines is 2. The lowest BCUT2D eigenvalue weighted by Crippen LogP contribution is -2.47. The smallest absolute Gasteiger partial charge is 0.410 e. The summed E-state index contributed by atoms with van der Waals surface area (Å²) in [5, 5.41) is 3.45. The van der Waals surface area contributed by atoms with E-state index in [0.717, 1.165) is 12.8 Å². The lowest BCUT2D eigenvalue weighted by molar-refractivity contribution is 0.0206. The first kappa shape index (κ1) is 19.6. The fourth-order valence-corrected chi connectivity index (χ4v) is 2.40.